The van der Waals surface area contributed by atoms with E-state index in [0.717, 1.165) is 29.8 Å². The van der Waals surface area contributed by atoms with Crippen molar-refractivity contribution in [2.24, 2.45) is 0 Å². The Kier molecular flexibility index (Phi) is 6.82. The summed E-state index contributed by atoms with van der Waals surface area (Å²) in [4.78, 5) is 19.2. The number of anilines is 2. The zero-order valence-electron chi connectivity index (χ0n) is 17.4. The lowest BCUT2D eigenvalue weighted by Gasteiger charge is -2.32. The van der Waals surface area contributed by atoms with E-state index in [1.54, 1.807) is 24.1 Å². The summed E-state index contributed by atoms with van der Waals surface area (Å²) >= 11 is 12.6. The van der Waals surface area contributed by atoms with E-state index in [0.29, 0.717) is 30.3 Å². The van der Waals surface area contributed by atoms with Gasteiger partial charge in [0.1, 0.15) is 21.7 Å². The molecule has 0 saturated carbocycles. The van der Waals surface area contributed by atoms with Crippen molar-refractivity contribution in [1.82, 2.24) is 9.88 Å². The first-order chi connectivity index (χ1) is 15.5. The highest BCUT2D eigenvalue weighted by Crippen LogP contribution is 2.36. The minimum atomic E-state index is -0.245. The van der Waals surface area contributed by atoms with Gasteiger partial charge in [-0.2, -0.15) is 0 Å². The fourth-order valence-electron chi connectivity index (χ4n) is 3.89. The van der Waals surface area contributed by atoms with E-state index in [4.69, 9.17) is 27.9 Å². The summed E-state index contributed by atoms with van der Waals surface area (Å²) in [7, 11) is 1.60. The Morgan fingerprint density at radius 1 is 1.09 bits per heavy atom. The van der Waals surface area contributed by atoms with Crippen LogP contribution in [0.15, 0.2) is 54.7 Å². The molecule has 0 aliphatic carbocycles. The number of hydrogen-bond acceptors (Lipinski definition) is 4. The minimum absolute atomic E-state index is 0.120. The molecule has 1 amide bonds. The van der Waals surface area contributed by atoms with E-state index in [2.05, 4.69) is 10.3 Å². The summed E-state index contributed by atoms with van der Waals surface area (Å²) in [5.74, 6) is 0.605. The number of methoxy groups -OCH3 is 1. The van der Waals surface area contributed by atoms with Crippen LogP contribution in [-0.4, -0.2) is 36.0 Å². The summed E-state index contributed by atoms with van der Waals surface area (Å²) in [5.41, 5.74) is 2.61. The number of nitrogens with one attached hydrogen (secondary N) is 1. The van der Waals surface area contributed by atoms with Crippen LogP contribution in [0.2, 0.25) is 10.2 Å². The van der Waals surface area contributed by atoms with Crippen LogP contribution in [-0.2, 0) is 0 Å². The zero-order valence-corrected chi connectivity index (χ0v) is 19.0. The number of aromatic nitrogens is 1. The van der Waals surface area contributed by atoms with E-state index in [1.807, 2.05) is 24.3 Å². The first-order valence-electron chi connectivity index (χ1n) is 10.3. The second-order valence-corrected chi connectivity index (χ2v) is 8.36. The van der Waals surface area contributed by atoms with E-state index in [1.165, 1.54) is 18.3 Å². The molecule has 2 heterocycles. The quantitative estimate of drug-likeness (QED) is 0.441. The number of ether oxygens (including phenoxy) is 1. The van der Waals surface area contributed by atoms with Crippen LogP contribution in [0.3, 0.4) is 0 Å². The van der Waals surface area contributed by atoms with Gasteiger partial charge in [-0.05, 0) is 60.7 Å². The Morgan fingerprint density at radius 2 is 1.75 bits per heavy atom. The van der Waals surface area contributed by atoms with E-state index in [-0.39, 0.29) is 21.9 Å². The van der Waals surface area contributed by atoms with Crippen molar-refractivity contribution in [3.05, 3.63) is 81.8 Å². The lowest BCUT2D eigenvalue weighted by Crippen LogP contribution is -2.38. The molecule has 1 aliphatic heterocycles. The van der Waals surface area contributed by atoms with E-state index in [9.17, 15) is 9.18 Å². The molecule has 4 rings (SSSR count). The Morgan fingerprint density at radius 3 is 2.38 bits per heavy atom. The number of amides is 1. The molecule has 2 aromatic carbocycles. The van der Waals surface area contributed by atoms with Crippen molar-refractivity contribution in [1.29, 1.82) is 0 Å². The molecule has 1 N–H and O–H groups in total. The van der Waals surface area contributed by atoms with Crippen LogP contribution in [0.4, 0.5) is 15.8 Å². The van der Waals surface area contributed by atoms with Gasteiger partial charge in [0.05, 0.1) is 18.4 Å². The van der Waals surface area contributed by atoms with Crippen molar-refractivity contribution in [2.45, 2.75) is 18.8 Å². The fourth-order valence-corrected chi connectivity index (χ4v) is 4.23. The lowest BCUT2D eigenvalue weighted by atomic mass is 9.89. The second-order valence-electron chi connectivity index (χ2n) is 7.62. The largest absolute Gasteiger partial charge is 0.497 e. The summed E-state index contributed by atoms with van der Waals surface area (Å²) in [6, 6.07) is 13.9. The summed E-state index contributed by atoms with van der Waals surface area (Å²) in [5, 5.41) is 3.51. The van der Waals surface area contributed by atoms with Crippen LogP contribution in [0.5, 0.6) is 5.75 Å². The number of carbonyl (C=O) groups is 1. The standard InChI is InChI=1S/C24H22Cl2FN3O2/c1-32-19-8-6-18(7-9-19)29-22-20(14-28-23(26)21(22)25)24(31)30-12-10-16(11-13-30)15-2-4-17(27)5-3-15/h2-9,14,16H,10-13H2,1H3,(H,28,29). The molecule has 8 heteroatoms. The van der Waals surface area contributed by atoms with Gasteiger partial charge in [-0.3, -0.25) is 4.79 Å². The lowest BCUT2D eigenvalue weighted by molar-refractivity contribution is 0.0713. The molecule has 1 aliphatic rings. The SMILES string of the molecule is COc1ccc(Nc2c(C(=O)N3CCC(c4ccc(F)cc4)CC3)cnc(Cl)c2Cl)cc1. The number of likely N-dealkylation sites (tertiary alicyclic amines) is 1. The number of rotatable bonds is 5. The van der Waals surface area contributed by atoms with Gasteiger partial charge in [0.25, 0.3) is 5.91 Å². The summed E-state index contributed by atoms with van der Waals surface area (Å²) < 4.78 is 18.4. The van der Waals surface area contributed by atoms with Crippen LogP contribution >= 0.6 is 23.2 Å². The van der Waals surface area contributed by atoms with Gasteiger partial charge < -0.3 is 15.0 Å². The molecule has 1 aromatic heterocycles. The smallest absolute Gasteiger partial charge is 0.257 e. The van der Waals surface area contributed by atoms with Gasteiger partial charge in [0, 0.05) is 25.0 Å². The molecule has 1 saturated heterocycles. The van der Waals surface area contributed by atoms with Gasteiger partial charge in [0.2, 0.25) is 0 Å². The van der Waals surface area contributed by atoms with Crippen molar-refractivity contribution < 1.29 is 13.9 Å². The predicted octanol–water partition coefficient (Wildman–Crippen LogP) is 6.30. The van der Waals surface area contributed by atoms with Crippen molar-refractivity contribution in [3.8, 4) is 5.75 Å². The van der Waals surface area contributed by atoms with Crippen LogP contribution in [0, 0.1) is 5.82 Å². The third-order valence-corrected chi connectivity index (χ3v) is 6.44. The topological polar surface area (TPSA) is 54.5 Å². The first kappa shape index (κ1) is 22.4. The maximum absolute atomic E-state index is 13.3. The second kappa shape index (κ2) is 9.76. The van der Waals surface area contributed by atoms with Gasteiger partial charge >= 0.3 is 0 Å². The third kappa shape index (κ3) is 4.81. The fraction of sp³-hybridized carbons (Fsp3) is 0.250. The molecule has 0 radical (unpaired) electrons. The number of pyridine rings is 1. The van der Waals surface area contributed by atoms with Crippen LogP contribution in [0.1, 0.15) is 34.7 Å². The van der Waals surface area contributed by atoms with Gasteiger partial charge in [0.15, 0.2) is 0 Å². The Hall–Kier alpha value is -2.83. The van der Waals surface area contributed by atoms with Crippen LogP contribution in [0.25, 0.3) is 0 Å². The molecular weight excluding hydrogens is 452 g/mol. The van der Waals surface area contributed by atoms with Crippen molar-refractivity contribution in [2.75, 3.05) is 25.5 Å². The molecule has 5 nitrogen and oxygen atoms in total. The van der Waals surface area contributed by atoms with Gasteiger partial charge in [-0.25, -0.2) is 9.37 Å². The predicted molar refractivity (Wildman–Crippen MR) is 125 cm³/mol. The maximum atomic E-state index is 13.3. The highest BCUT2D eigenvalue weighted by atomic mass is 35.5. The number of halogens is 3. The number of carbonyl (C=O) groups excluding carboxylic acids is 1. The van der Waals surface area contributed by atoms with E-state index < -0.39 is 0 Å². The third-order valence-electron chi connectivity index (χ3n) is 5.69. The summed E-state index contributed by atoms with van der Waals surface area (Å²) in [6.07, 6.45) is 3.05. The molecular formula is C24H22Cl2FN3O2. The molecule has 0 spiro atoms. The maximum Gasteiger partial charge on any atom is 0.257 e. The number of piperidine rings is 1. The van der Waals surface area contributed by atoms with Crippen molar-refractivity contribution >= 4 is 40.5 Å². The van der Waals surface area contributed by atoms with E-state index >= 15 is 0 Å². The minimum Gasteiger partial charge on any atom is -0.497 e. The molecule has 1 fully saturated rings. The first-order valence-corrected chi connectivity index (χ1v) is 11.0. The number of benzene rings is 2. The average Bonchev–Trinajstić information content (AvgIpc) is 2.83. The molecule has 0 unspecified atom stereocenters. The molecule has 166 valence electrons. The Labute approximate surface area is 196 Å². The van der Waals surface area contributed by atoms with Crippen LogP contribution < -0.4 is 10.1 Å². The zero-order chi connectivity index (χ0) is 22.7. The number of hydrogen-bond donors (Lipinski definition) is 1. The normalized spacial score (nSPS) is 14.3. The Balaban J connectivity index is 1.52. The Bertz CT molecular complexity index is 1100. The average molecular weight is 474 g/mol. The highest BCUT2D eigenvalue weighted by Gasteiger charge is 2.27. The molecule has 0 atom stereocenters. The monoisotopic (exact) mass is 473 g/mol. The van der Waals surface area contributed by atoms with Crippen molar-refractivity contribution in [3.63, 3.8) is 0 Å². The summed E-state index contributed by atoms with van der Waals surface area (Å²) in [6.45, 7) is 1.17. The van der Waals surface area contributed by atoms with Gasteiger partial charge in [-0.15, -0.1) is 0 Å². The van der Waals surface area contributed by atoms with Gasteiger partial charge in [-0.1, -0.05) is 35.3 Å². The molecule has 32 heavy (non-hydrogen) atoms. The number of nitrogens with zero attached hydrogens (tertiary/aromatic N) is 2. The highest BCUT2D eigenvalue weighted by molar-refractivity contribution is 6.43. The molecule has 0 bridgehead atoms. The molecule has 3 aromatic rings.